The van der Waals surface area contributed by atoms with Crippen LogP contribution in [0.1, 0.15) is 34.5 Å². The van der Waals surface area contributed by atoms with Crippen molar-refractivity contribution >= 4 is 17.5 Å². The molecular formula is C25H27N3O2. The smallest absolute Gasteiger partial charge is 0.251 e. The Morgan fingerprint density at radius 1 is 0.867 bits per heavy atom. The normalized spacial score (nSPS) is 11.5. The van der Waals surface area contributed by atoms with Gasteiger partial charge in [-0.05, 0) is 49.2 Å². The maximum Gasteiger partial charge on any atom is 0.251 e. The van der Waals surface area contributed by atoms with Gasteiger partial charge in [-0.15, -0.1) is 0 Å². The molecule has 0 heterocycles. The second-order valence-electron chi connectivity index (χ2n) is 7.15. The molecule has 2 amide bonds. The third-order valence-corrected chi connectivity index (χ3v) is 4.77. The lowest BCUT2D eigenvalue weighted by Gasteiger charge is -2.15. The first kappa shape index (κ1) is 21.3. The van der Waals surface area contributed by atoms with Crippen LogP contribution in [-0.2, 0) is 11.2 Å². The minimum absolute atomic E-state index is 0.106. The molecule has 3 N–H and O–H groups in total. The summed E-state index contributed by atoms with van der Waals surface area (Å²) < 4.78 is 0. The maximum atomic E-state index is 12.6. The highest BCUT2D eigenvalue weighted by atomic mass is 16.2. The molecule has 0 aromatic heterocycles. The van der Waals surface area contributed by atoms with Gasteiger partial charge in [0, 0.05) is 11.3 Å². The zero-order valence-corrected chi connectivity index (χ0v) is 17.1. The minimum atomic E-state index is -0.177. The van der Waals surface area contributed by atoms with Crippen molar-refractivity contribution in [3.8, 4) is 0 Å². The predicted molar refractivity (Wildman–Crippen MR) is 120 cm³/mol. The molecule has 0 fully saturated rings. The van der Waals surface area contributed by atoms with E-state index in [-0.39, 0.29) is 24.4 Å². The van der Waals surface area contributed by atoms with Crippen LogP contribution >= 0.6 is 0 Å². The first-order valence-electron chi connectivity index (χ1n) is 10.1. The Morgan fingerprint density at radius 3 is 2.30 bits per heavy atom. The van der Waals surface area contributed by atoms with E-state index in [1.54, 1.807) is 24.3 Å². The van der Waals surface area contributed by atoms with Crippen molar-refractivity contribution in [3.63, 3.8) is 0 Å². The molecule has 3 aromatic rings. The Balaban J connectivity index is 1.47. The summed E-state index contributed by atoms with van der Waals surface area (Å²) in [6.45, 7) is 2.88. The van der Waals surface area contributed by atoms with Crippen LogP contribution in [0.25, 0.3) is 0 Å². The summed E-state index contributed by atoms with van der Waals surface area (Å²) in [5, 5.41) is 8.97. The van der Waals surface area contributed by atoms with Gasteiger partial charge < -0.3 is 16.0 Å². The number of carbonyl (C=O) groups excluding carboxylic acids is 2. The highest BCUT2D eigenvalue weighted by Gasteiger charge is 2.12. The summed E-state index contributed by atoms with van der Waals surface area (Å²) in [5.41, 5.74) is 3.38. The lowest BCUT2D eigenvalue weighted by atomic mass is 10.1. The molecule has 154 valence electrons. The molecule has 0 saturated carbocycles. The summed E-state index contributed by atoms with van der Waals surface area (Å²) >= 11 is 0. The van der Waals surface area contributed by atoms with Gasteiger partial charge in [-0.25, -0.2) is 0 Å². The lowest BCUT2D eigenvalue weighted by Crippen LogP contribution is -2.30. The van der Waals surface area contributed by atoms with Crippen molar-refractivity contribution < 1.29 is 9.59 Å². The molecule has 0 radical (unpaired) electrons. The summed E-state index contributed by atoms with van der Waals surface area (Å²) in [5.74, 6) is -0.318. The van der Waals surface area contributed by atoms with Gasteiger partial charge in [0.25, 0.3) is 5.91 Å². The molecule has 0 bridgehead atoms. The summed E-state index contributed by atoms with van der Waals surface area (Å²) in [6.07, 6.45) is 0.864. The van der Waals surface area contributed by atoms with Gasteiger partial charge in [-0.3, -0.25) is 9.59 Å². The number of anilines is 1. The van der Waals surface area contributed by atoms with Gasteiger partial charge in [0.2, 0.25) is 5.91 Å². The molecule has 3 aromatic carbocycles. The third-order valence-electron chi connectivity index (χ3n) is 4.77. The van der Waals surface area contributed by atoms with Crippen molar-refractivity contribution in [3.05, 3.63) is 102 Å². The van der Waals surface area contributed by atoms with Crippen LogP contribution in [0.5, 0.6) is 0 Å². The maximum absolute atomic E-state index is 12.6. The Hall–Kier alpha value is -3.44. The fourth-order valence-corrected chi connectivity index (χ4v) is 3.13. The highest BCUT2D eigenvalue weighted by Crippen LogP contribution is 2.15. The second-order valence-corrected chi connectivity index (χ2v) is 7.15. The van der Waals surface area contributed by atoms with Gasteiger partial charge in [0.15, 0.2) is 0 Å². The van der Waals surface area contributed by atoms with Crippen LogP contribution in [0.3, 0.4) is 0 Å². The number of hydrogen-bond donors (Lipinski definition) is 3. The topological polar surface area (TPSA) is 70.2 Å². The predicted octanol–water partition coefficient (Wildman–Crippen LogP) is 3.95. The number of carbonyl (C=O) groups is 2. The largest absolute Gasteiger partial charge is 0.346 e. The van der Waals surface area contributed by atoms with Crippen LogP contribution in [0.15, 0.2) is 84.9 Å². The van der Waals surface area contributed by atoms with Crippen molar-refractivity contribution in [1.82, 2.24) is 10.6 Å². The Bertz CT molecular complexity index is 958. The number of hydrogen-bond acceptors (Lipinski definition) is 3. The van der Waals surface area contributed by atoms with Gasteiger partial charge in [0.05, 0.1) is 12.6 Å². The van der Waals surface area contributed by atoms with E-state index in [9.17, 15) is 9.59 Å². The molecule has 0 spiro atoms. The molecule has 0 aliphatic carbocycles. The van der Waals surface area contributed by atoms with E-state index in [0.717, 1.165) is 18.5 Å². The SMILES string of the molecule is CC(NC(=O)c1cccc(NC(=O)CNCCc2ccccc2)c1)c1ccccc1. The van der Waals surface area contributed by atoms with Crippen LogP contribution in [0.2, 0.25) is 0 Å². The van der Waals surface area contributed by atoms with Gasteiger partial charge in [-0.2, -0.15) is 0 Å². The fraction of sp³-hybridized carbons (Fsp3) is 0.200. The first-order chi connectivity index (χ1) is 14.6. The van der Waals surface area contributed by atoms with Crippen molar-refractivity contribution in [1.29, 1.82) is 0 Å². The minimum Gasteiger partial charge on any atom is -0.346 e. The zero-order chi connectivity index (χ0) is 21.2. The summed E-state index contributed by atoms with van der Waals surface area (Å²) in [7, 11) is 0. The summed E-state index contributed by atoms with van der Waals surface area (Å²) in [6, 6.07) is 26.8. The van der Waals surface area contributed by atoms with Crippen LogP contribution < -0.4 is 16.0 Å². The average Bonchev–Trinajstić information content (AvgIpc) is 2.78. The molecule has 3 rings (SSSR count). The number of rotatable bonds is 9. The molecular weight excluding hydrogens is 374 g/mol. The summed E-state index contributed by atoms with van der Waals surface area (Å²) in [4.78, 5) is 24.8. The van der Waals surface area contributed by atoms with Crippen molar-refractivity contribution in [2.75, 3.05) is 18.4 Å². The van der Waals surface area contributed by atoms with Crippen LogP contribution in [0.4, 0.5) is 5.69 Å². The fourth-order valence-electron chi connectivity index (χ4n) is 3.13. The average molecular weight is 402 g/mol. The molecule has 0 aliphatic heterocycles. The Labute approximate surface area is 177 Å². The van der Waals surface area contributed by atoms with E-state index < -0.39 is 0 Å². The highest BCUT2D eigenvalue weighted by molar-refractivity contribution is 5.97. The van der Waals surface area contributed by atoms with E-state index >= 15 is 0 Å². The van der Waals surface area contributed by atoms with Crippen LogP contribution in [0, 0.1) is 0 Å². The second kappa shape index (κ2) is 10.9. The molecule has 0 saturated heterocycles. The monoisotopic (exact) mass is 401 g/mol. The van der Waals surface area contributed by atoms with Gasteiger partial charge in [-0.1, -0.05) is 66.7 Å². The standard InChI is InChI=1S/C25H27N3O2/c1-19(21-11-6-3-7-12-21)27-25(30)22-13-8-14-23(17-22)28-24(29)18-26-16-15-20-9-4-2-5-10-20/h2-14,17,19,26H,15-16,18H2,1H3,(H,27,30)(H,28,29). The Kier molecular flexibility index (Phi) is 7.75. The van der Waals surface area contributed by atoms with E-state index in [1.165, 1.54) is 5.56 Å². The number of amides is 2. The molecule has 1 unspecified atom stereocenters. The number of nitrogens with one attached hydrogen (secondary N) is 3. The first-order valence-corrected chi connectivity index (χ1v) is 10.1. The molecule has 1 atom stereocenters. The van der Waals surface area contributed by atoms with Gasteiger partial charge in [0.1, 0.15) is 0 Å². The molecule has 0 aliphatic rings. The zero-order valence-electron chi connectivity index (χ0n) is 17.1. The van der Waals surface area contributed by atoms with E-state index in [2.05, 4.69) is 28.1 Å². The van der Waals surface area contributed by atoms with Crippen molar-refractivity contribution in [2.24, 2.45) is 0 Å². The van der Waals surface area contributed by atoms with E-state index in [0.29, 0.717) is 11.3 Å². The van der Waals surface area contributed by atoms with Gasteiger partial charge >= 0.3 is 0 Å². The molecule has 30 heavy (non-hydrogen) atoms. The van der Waals surface area contributed by atoms with E-state index in [4.69, 9.17) is 0 Å². The van der Waals surface area contributed by atoms with Crippen LogP contribution in [-0.4, -0.2) is 24.9 Å². The Morgan fingerprint density at radius 2 is 1.57 bits per heavy atom. The van der Waals surface area contributed by atoms with E-state index in [1.807, 2.05) is 55.5 Å². The quantitative estimate of drug-likeness (QED) is 0.476. The lowest BCUT2D eigenvalue weighted by molar-refractivity contribution is -0.115. The molecule has 5 nitrogen and oxygen atoms in total. The van der Waals surface area contributed by atoms with Crippen molar-refractivity contribution in [2.45, 2.75) is 19.4 Å². The molecule has 5 heteroatoms. The third kappa shape index (κ3) is 6.57. The number of benzene rings is 3.